The van der Waals surface area contributed by atoms with Gasteiger partial charge in [0, 0.05) is 17.1 Å². The van der Waals surface area contributed by atoms with Crippen LogP contribution in [0, 0.1) is 11.8 Å². The lowest BCUT2D eigenvalue weighted by Crippen LogP contribution is -2.21. The summed E-state index contributed by atoms with van der Waals surface area (Å²) in [5.41, 5.74) is 0.824. The Kier molecular flexibility index (Phi) is 5.85. The van der Waals surface area contributed by atoms with Gasteiger partial charge in [-0.15, -0.1) is 11.8 Å². The highest BCUT2D eigenvalue weighted by molar-refractivity contribution is 7.99. The number of benzene rings is 1. The molecular formula is C16H22F3NS. The van der Waals surface area contributed by atoms with Crippen LogP contribution < -0.4 is 5.32 Å². The van der Waals surface area contributed by atoms with E-state index < -0.39 is 11.9 Å². The monoisotopic (exact) mass is 317 g/mol. The number of halogens is 3. The van der Waals surface area contributed by atoms with Crippen molar-refractivity contribution in [1.29, 1.82) is 0 Å². The lowest BCUT2D eigenvalue weighted by atomic mass is 9.82. The highest BCUT2D eigenvalue weighted by atomic mass is 32.2. The van der Waals surface area contributed by atoms with Crippen LogP contribution in [-0.2, 0) is 0 Å². The van der Waals surface area contributed by atoms with Crippen LogP contribution in [0.25, 0.3) is 0 Å². The molecule has 0 aromatic heterocycles. The zero-order valence-corrected chi connectivity index (χ0v) is 13.1. The van der Waals surface area contributed by atoms with Crippen molar-refractivity contribution < 1.29 is 13.2 Å². The Labute approximate surface area is 128 Å². The zero-order chi connectivity index (χ0) is 15.3. The SMILES string of the molecule is CC1CCCC(CNc2ccccc2SCC(F)(F)F)C1. The minimum Gasteiger partial charge on any atom is -0.384 e. The molecule has 1 N–H and O–H groups in total. The number of hydrogen-bond donors (Lipinski definition) is 1. The maximum absolute atomic E-state index is 12.4. The molecular weight excluding hydrogens is 295 g/mol. The predicted molar refractivity (Wildman–Crippen MR) is 82.8 cm³/mol. The molecule has 0 amide bonds. The molecule has 2 atom stereocenters. The number of thioether (sulfide) groups is 1. The molecule has 2 rings (SSSR count). The molecule has 0 bridgehead atoms. The van der Waals surface area contributed by atoms with Crippen LogP contribution in [0.2, 0.25) is 0 Å². The fourth-order valence-electron chi connectivity index (χ4n) is 2.90. The van der Waals surface area contributed by atoms with Crippen molar-refractivity contribution in [2.24, 2.45) is 11.8 Å². The van der Waals surface area contributed by atoms with E-state index in [1.807, 2.05) is 12.1 Å². The van der Waals surface area contributed by atoms with Gasteiger partial charge in [-0.2, -0.15) is 13.2 Å². The second-order valence-electron chi connectivity index (χ2n) is 5.92. The second kappa shape index (κ2) is 7.43. The van der Waals surface area contributed by atoms with Gasteiger partial charge in [-0.1, -0.05) is 31.9 Å². The third-order valence-electron chi connectivity index (χ3n) is 3.90. The van der Waals surface area contributed by atoms with Gasteiger partial charge in [-0.25, -0.2) is 0 Å². The number of alkyl halides is 3. The van der Waals surface area contributed by atoms with E-state index >= 15 is 0 Å². The number of nitrogens with one attached hydrogen (secondary N) is 1. The molecule has 0 heterocycles. The van der Waals surface area contributed by atoms with Crippen molar-refractivity contribution >= 4 is 17.4 Å². The third-order valence-corrected chi connectivity index (χ3v) is 5.04. The number of hydrogen-bond acceptors (Lipinski definition) is 2. The zero-order valence-electron chi connectivity index (χ0n) is 12.2. The molecule has 0 radical (unpaired) electrons. The Morgan fingerprint density at radius 1 is 1.24 bits per heavy atom. The van der Waals surface area contributed by atoms with E-state index in [9.17, 15) is 13.2 Å². The fourth-order valence-corrected chi connectivity index (χ4v) is 3.69. The summed E-state index contributed by atoms with van der Waals surface area (Å²) < 4.78 is 37.1. The van der Waals surface area contributed by atoms with Gasteiger partial charge < -0.3 is 5.32 Å². The molecule has 1 aliphatic rings. The largest absolute Gasteiger partial charge is 0.398 e. The molecule has 5 heteroatoms. The average molecular weight is 317 g/mol. The summed E-state index contributed by atoms with van der Waals surface area (Å²) in [7, 11) is 0. The summed E-state index contributed by atoms with van der Waals surface area (Å²) in [5, 5.41) is 3.35. The molecule has 1 aliphatic carbocycles. The van der Waals surface area contributed by atoms with E-state index in [4.69, 9.17) is 0 Å². The lowest BCUT2D eigenvalue weighted by Gasteiger charge is -2.27. The van der Waals surface area contributed by atoms with Gasteiger partial charge >= 0.3 is 6.18 Å². The number of rotatable bonds is 5. The maximum Gasteiger partial charge on any atom is 0.398 e. The fraction of sp³-hybridized carbons (Fsp3) is 0.625. The normalized spacial score (nSPS) is 23.0. The summed E-state index contributed by atoms with van der Waals surface area (Å²) in [6.45, 7) is 3.13. The van der Waals surface area contributed by atoms with Crippen LogP contribution in [0.4, 0.5) is 18.9 Å². The van der Waals surface area contributed by atoms with E-state index in [0.717, 1.165) is 29.9 Å². The van der Waals surface area contributed by atoms with Crippen molar-refractivity contribution in [1.82, 2.24) is 0 Å². The van der Waals surface area contributed by atoms with Gasteiger partial charge in [0.05, 0.1) is 5.75 Å². The van der Waals surface area contributed by atoms with Gasteiger partial charge in [0.25, 0.3) is 0 Å². The van der Waals surface area contributed by atoms with Gasteiger partial charge in [0.15, 0.2) is 0 Å². The van der Waals surface area contributed by atoms with Crippen LogP contribution in [-0.4, -0.2) is 18.5 Å². The van der Waals surface area contributed by atoms with E-state index in [1.165, 1.54) is 25.7 Å². The van der Waals surface area contributed by atoms with Gasteiger partial charge in [-0.05, 0) is 36.8 Å². The minimum absolute atomic E-state index is 0.634. The topological polar surface area (TPSA) is 12.0 Å². The second-order valence-corrected chi connectivity index (χ2v) is 6.94. The summed E-state index contributed by atoms with van der Waals surface area (Å²) in [6, 6.07) is 7.27. The molecule has 2 unspecified atom stereocenters. The van der Waals surface area contributed by atoms with Crippen molar-refractivity contribution in [2.45, 2.75) is 43.7 Å². The quantitative estimate of drug-likeness (QED) is 0.712. The smallest absolute Gasteiger partial charge is 0.384 e. The van der Waals surface area contributed by atoms with Crippen molar-refractivity contribution in [3.05, 3.63) is 24.3 Å². The molecule has 0 aliphatic heterocycles. The van der Waals surface area contributed by atoms with Gasteiger partial charge in [0.1, 0.15) is 0 Å². The van der Waals surface area contributed by atoms with E-state index in [2.05, 4.69) is 12.2 Å². The standard InChI is InChI=1S/C16H22F3NS/c1-12-5-4-6-13(9-12)10-20-14-7-2-3-8-15(14)21-11-16(17,18)19/h2-3,7-8,12-13,20H,4-6,9-11H2,1H3. The first-order valence-electron chi connectivity index (χ1n) is 7.46. The Balaban J connectivity index is 1.90. The molecule has 1 saturated carbocycles. The highest BCUT2D eigenvalue weighted by Crippen LogP contribution is 2.33. The van der Waals surface area contributed by atoms with Crippen LogP contribution in [0.1, 0.15) is 32.6 Å². The number of para-hydroxylation sites is 1. The third kappa shape index (κ3) is 5.81. The van der Waals surface area contributed by atoms with Gasteiger partial charge in [-0.3, -0.25) is 0 Å². The summed E-state index contributed by atoms with van der Waals surface area (Å²) in [6.07, 6.45) is 0.864. The highest BCUT2D eigenvalue weighted by Gasteiger charge is 2.27. The molecule has 1 aromatic carbocycles. The van der Waals surface area contributed by atoms with Crippen molar-refractivity contribution in [2.75, 3.05) is 17.6 Å². The molecule has 1 aromatic rings. The minimum atomic E-state index is -4.13. The van der Waals surface area contributed by atoms with Crippen LogP contribution in [0.5, 0.6) is 0 Å². The molecule has 1 nitrogen and oxygen atoms in total. The van der Waals surface area contributed by atoms with Crippen molar-refractivity contribution in [3.8, 4) is 0 Å². The first kappa shape index (κ1) is 16.5. The Morgan fingerprint density at radius 2 is 2.00 bits per heavy atom. The summed E-state index contributed by atoms with van der Waals surface area (Å²) in [5.74, 6) is 0.557. The van der Waals surface area contributed by atoms with Crippen LogP contribution >= 0.6 is 11.8 Å². The average Bonchev–Trinajstić information content (AvgIpc) is 2.43. The first-order chi connectivity index (χ1) is 9.94. The Hall–Kier alpha value is -0.840. The number of anilines is 1. The Bertz CT molecular complexity index is 447. The molecule has 0 saturated heterocycles. The van der Waals surface area contributed by atoms with E-state index in [1.54, 1.807) is 12.1 Å². The maximum atomic E-state index is 12.4. The molecule has 1 fully saturated rings. The molecule has 21 heavy (non-hydrogen) atoms. The Morgan fingerprint density at radius 3 is 2.71 bits per heavy atom. The lowest BCUT2D eigenvalue weighted by molar-refractivity contribution is -0.105. The van der Waals surface area contributed by atoms with E-state index in [-0.39, 0.29) is 0 Å². The molecule has 0 spiro atoms. The summed E-state index contributed by atoms with van der Waals surface area (Å²) in [4.78, 5) is 0.679. The van der Waals surface area contributed by atoms with Crippen molar-refractivity contribution in [3.63, 3.8) is 0 Å². The van der Waals surface area contributed by atoms with Gasteiger partial charge in [0.2, 0.25) is 0 Å². The predicted octanol–water partition coefficient (Wildman–Crippen LogP) is 5.58. The van der Waals surface area contributed by atoms with Crippen LogP contribution in [0.3, 0.4) is 0 Å². The first-order valence-corrected chi connectivity index (χ1v) is 8.45. The summed E-state index contributed by atoms with van der Waals surface area (Å²) >= 11 is 0.854. The van der Waals surface area contributed by atoms with E-state index in [0.29, 0.717) is 10.8 Å². The van der Waals surface area contributed by atoms with Crippen LogP contribution in [0.15, 0.2) is 29.2 Å². The molecule has 118 valence electrons.